The van der Waals surface area contributed by atoms with E-state index in [4.69, 9.17) is 10.5 Å². The summed E-state index contributed by atoms with van der Waals surface area (Å²) in [7, 11) is 0. The maximum absolute atomic E-state index is 13.2. The molecule has 2 heterocycles. The number of anilines is 1. The summed E-state index contributed by atoms with van der Waals surface area (Å²) < 4.78 is 7.61. The second-order valence-electron chi connectivity index (χ2n) is 9.43. The average molecular weight is 545 g/mol. The molecule has 0 unspecified atom stereocenters. The summed E-state index contributed by atoms with van der Waals surface area (Å²) in [6, 6.07) is 13.3. The van der Waals surface area contributed by atoms with Crippen molar-refractivity contribution in [2.24, 2.45) is 5.73 Å². The van der Waals surface area contributed by atoms with Gasteiger partial charge in [-0.3, -0.25) is 14.3 Å². The number of hydrogen-bond acceptors (Lipinski definition) is 5. The van der Waals surface area contributed by atoms with E-state index in [0.717, 1.165) is 44.2 Å². The van der Waals surface area contributed by atoms with E-state index in [1.807, 2.05) is 60.1 Å². The summed E-state index contributed by atoms with van der Waals surface area (Å²) in [6.45, 7) is 13.3. The summed E-state index contributed by atoms with van der Waals surface area (Å²) in [5.74, 6) is 1.07. The molecule has 1 aromatic heterocycles. The first kappa shape index (κ1) is 28.0. The number of primary amides is 1. The van der Waals surface area contributed by atoms with Gasteiger partial charge in [0.05, 0.1) is 25.0 Å². The Morgan fingerprint density at radius 3 is 2.79 bits per heavy atom. The van der Waals surface area contributed by atoms with Crippen LogP contribution in [0.3, 0.4) is 0 Å². The fourth-order valence-electron chi connectivity index (χ4n) is 4.37. The van der Waals surface area contributed by atoms with Crippen molar-refractivity contribution in [3.05, 3.63) is 102 Å². The Hall–Kier alpha value is -4.04. The third-order valence-electron chi connectivity index (χ3n) is 6.77. The van der Waals surface area contributed by atoms with Crippen molar-refractivity contribution in [1.29, 1.82) is 0 Å². The first-order valence-corrected chi connectivity index (χ1v) is 13.9. The highest BCUT2D eigenvalue weighted by Gasteiger charge is 2.25. The molecular formula is C31H36N4O3S. The fraction of sp³-hybridized carbons (Fsp3) is 0.258. The number of thioether (sulfide) groups is 1. The van der Waals surface area contributed by atoms with E-state index >= 15 is 0 Å². The van der Waals surface area contributed by atoms with E-state index in [0.29, 0.717) is 43.9 Å². The van der Waals surface area contributed by atoms with E-state index in [2.05, 4.69) is 24.3 Å². The molecule has 0 spiro atoms. The topological polar surface area (TPSA) is 90.4 Å². The monoisotopic (exact) mass is 544 g/mol. The van der Waals surface area contributed by atoms with Gasteiger partial charge in [0.25, 0.3) is 0 Å². The van der Waals surface area contributed by atoms with Crippen LogP contribution in [0, 0.1) is 0 Å². The van der Waals surface area contributed by atoms with Gasteiger partial charge in [-0.2, -0.15) is 5.10 Å². The van der Waals surface area contributed by atoms with Crippen molar-refractivity contribution in [2.45, 2.75) is 38.1 Å². The Kier molecular flexibility index (Phi) is 9.09. The summed E-state index contributed by atoms with van der Waals surface area (Å²) in [5, 5.41) is 4.54. The molecule has 2 amide bonds. The summed E-state index contributed by atoms with van der Waals surface area (Å²) in [4.78, 5) is 27.7. The first-order chi connectivity index (χ1) is 18.8. The molecule has 1 aliphatic rings. The Morgan fingerprint density at radius 2 is 2.03 bits per heavy atom. The number of amides is 2. The van der Waals surface area contributed by atoms with Gasteiger partial charge in [0.1, 0.15) is 5.76 Å². The number of nitrogens with zero attached hydrogens (tertiary/aromatic N) is 3. The zero-order valence-corrected chi connectivity index (χ0v) is 23.3. The van der Waals surface area contributed by atoms with Crippen LogP contribution in [0.1, 0.15) is 44.0 Å². The summed E-state index contributed by atoms with van der Waals surface area (Å²) >= 11 is 1.76. The van der Waals surface area contributed by atoms with Crippen LogP contribution in [0.4, 0.5) is 5.69 Å². The number of nitrogens with two attached hydrogens (primary N) is 1. The van der Waals surface area contributed by atoms with E-state index in [-0.39, 0.29) is 7.33 Å². The second kappa shape index (κ2) is 12.7. The smallest absolute Gasteiger partial charge is 0.248 e. The van der Waals surface area contributed by atoms with Crippen molar-refractivity contribution in [3.8, 4) is 11.1 Å². The molecule has 4 rings (SSSR count). The Labute approximate surface area is 235 Å². The van der Waals surface area contributed by atoms with Crippen molar-refractivity contribution >= 4 is 29.3 Å². The van der Waals surface area contributed by atoms with E-state index < -0.39 is 5.91 Å². The minimum Gasteiger partial charge on any atom is -0.494 e. The molecule has 0 bridgehead atoms. The van der Waals surface area contributed by atoms with Crippen molar-refractivity contribution in [1.82, 2.24) is 9.78 Å². The predicted molar refractivity (Wildman–Crippen MR) is 160 cm³/mol. The minimum absolute atomic E-state index is 0. The number of ether oxygens (including phenoxy) is 1. The third kappa shape index (κ3) is 6.70. The van der Waals surface area contributed by atoms with Gasteiger partial charge in [-0.15, -0.1) is 11.8 Å². The Balaban J connectivity index is 0.00000441. The molecule has 0 saturated carbocycles. The van der Waals surface area contributed by atoms with Crippen LogP contribution in [0.5, 0.6) is 0 Å². The molecule has 0 radical (unpaired) electrons. The molecule has 7 nitrogen and oxygen atoms in total. The molecule has 0 fully saturated rings. The van der Waals surface area contributed by atoms with Crippen molar-refractivity contribution < 1.29 is 15.8 Å². The van der Waals surface area contributed by atoms with Crippen LogP contribution in [-0.4, -0.2) is 40.5 Å². The van der Waals surface area contributed by atoms with Gasteiger partial charge in [-0.1, -0.05) is 43.5 Å². The summed E-state index contributed by atoms with van der Waals surface area (Å²) in [6.07, 6.45) is 6.61. The van der Waals surface area contributed by atoms with Gasteiger partial charge in [0.2, 0.25) is 11.8 Å². The zero-order chi connectivity index (χ0) is 27.9. The van der Waals surface area contributed by atoms with Crippen LogP contribution in [0.25, 0.3) is 11.1 Å². The lowest BCUT2D eigenvalue weighted by molar-refractivity contribution is -0.118. The number of hydrogen-bond donors (Lipinski definition) is 1. The highest BCUT2D eigenvalue weighted by Crippen LogP contribution is 2.42. The second-order valence-corrected chi connectivity index (χ2v) is 10.5. The normalized spacial score (nSPS) is 13.3. The first-order valence-electron chi connectivity index (χ1n) is 12.9. The largest absolute Gasteiger partial charge is 0.494 e. The van der Waals surface area contributed by atoms with Crippen molar-refractivity contribution in [3.63, 3.8) is 0 Å². The lowest BCUT2D eigenvalue weighted by Crippen LogP contribution is -2.35. The molecular weight excluding hydrogens is 508 g/mol. The predicted octanol–water partition coefficient (Wildman–Crippen LogP) is 6.21. The molecule has 39 heavy (non-hydrogen) atoms. The Morgan fingerprint density at radius 1 is 1.23 bits per heavy atom. The van der Waals surface area contributed by atoms with E-state index in [1.165, 1.54) is 0 Å². The number of rotatable bonds is 11. The van der Waals surface area contributed by atoms with Gasteiger partial charge in [-0.05, 0) is 55.2 Å². The van der Waals surface area contributed by atoms with Crippen molar-refractivity contribution in [2.75, 3.05) is 23.8 Å². The quantitative estimate of drug-likeness (QED) is 0.176. The number of benzene rings is 2. The average Bonchev–Trinajstić information content (AvgIpc) is 3.41. The number of allylic oxidation sites excluding steroid dienone is 3. The zero-order valence-electron chi connectivity index (χ0n) is 22.5. The molecule has 8 heteroatoms. The lowest BCUT2D eigenvalue weighted by Gasteiger charge is -2.30. The maximum atomic E-state index is 13.2. The van der Waals surface area contributed by atoms with Gasteiger partial charge in [0, 0.05) is 47.9 Å². The number of carbonyl (C=O) groups excluding carboxylic acids is 2. The minimum atomic E-state index is -0.450. The van der Waals surface area contributed by atoms with Crippen LogP contribution in [0.2, 0.25) is 0 Å². The van der Waals surface area contributed by atoms with Crippen LogP contribution in [0.15, 0.2) is 95.9 Å². The number of fused-ring (bicyclic) bond motifs is 1. The van der Waals surface area contributed by atoms with Crippen LogP contribution in [-0.2, 0) is 16.1 Å². The maximum Gasteiger partial charge on any atom is 0.248 e. The van der Waals surface area contributed by atoms with Gasteiger partial charge >= 0.3 is 0 Å². The highest BCUT2D eigenvalue weighted by atomic mass is 32.2. The summed E-state index contributed by atoms with van der Waals surface area (Å²) in [5.41, 5.74) is 11.8. The highest BCUT2D eigenvalue weighted by molar-refractivity contribution is 7.99. The molecule has 0 saturated heterocycles. The lowest BCUT2D eigenvalue weighted by atomic mass is 10.1. The number of carbonyl (C=O) groups is 2. The molecule has 2 N–H and O–H groups in total. The third-order valence-corrected chi connectivity index (χ3v) is 7.88. The van der Waals surface area contributed by atoms with E-state index in [9.17, 15) is 9.59 Å². The Bertz CT molecular complexity index is 1450. The fourth-order valence-corrected chi connectivity index (χ4v) is 5.51. The van der Waals surface area contributed by atoms with E-state index in [1.54, 1.807) is 30.0 Å². The SMILES string of the molecule is C=C/C(C)=C(/C)C(=C)OCCCC(=O)N1CCSc2c(-c3cnn(Cc4cccc(C(N)=O)c4)c3)cccc21.[HH]. The molecule has 2 aromatic carbocycles. The van der Waals surface area contributed by atoms with Crippen LogP contribution >= 0.6 is 11.8 Å². The molecule has 3 aromatic rings. The van der Waals surface area contributed by atoms with Gasteiger partial charge in [-0.25, -0.2) is 0 Å². The molecule has 0 aliphatic carbocycles. The standard InChI is InChI=1S/C31H34N4O3S.H2/c1-5-21(2)22(3)23(4)38-15-8-13-29(36)35-14-16-39-30-27(11-7-12-28(30)35)26-18-33-34(20-26)19-24-9-6-10-25(17-24)31(32)37;/h5-7,9-12,17-18,20H,1,4,8,13-16,19H2,2-3H3,(H2,32,37);1H/b22-21-;. The molecule has 0 atom stereocenters. The van der Waals surface area contributed by atoms with Gasteiger partial charge < -0.3 is 15.4 Å². The number of aromatic nitrogens is 2. The van der Waals surface area contributed by atoms with Crippen LogP contribution < -0.4 is 10.6 Å². The molecule has 1 aliphatic heterocycles. The van der Waals surface area contributed by atoms with Gasteiger partial charge in [0.15, 0.2) is 0 Å². The molecule has 204 valence electrons.